The second-order valence-corrected chi connectivity index (χ2v) is 8.26. The number of rotatable bonds is 17. The lowest BCUT2D eigenvalue weighted by molar-refractivity contribution is -0.709. The molecule has 26 heavy (non-hydrogen) atoms. The standard InChI is InChI=1S/C25H46N/c1-4-5-6-7-8-9-10-11-12-13-14-15-16-17-18-19-23-26-24(2)21-20-22-25(26)3/h20-22H,4-19,23H2,1-3H3/q+1. The third kappa shape index (κ3) is 11.7. The van der Waals surface area contributed by atoms with Crippen LogP contribution in [0.4, 0.5) is 0 Å². The Balaban J connectivity index is 1.81. The van der Waals surface area contributed by atoms with E-state index in [2.05, 4.69) is 43.5 Å². The highest BCUT2D eigenvalue weighted by atomic mass is 15.0. The predicted octanol–water partition coefficient (Wildman–Crippen LogP) is 7.85. The molecule has 0 amide bonds. The van der Waals surface area contributed by atoms with Crippen molar-refractivity contribution in [3.8, 4) is 0 Å². The molecule has 150 valence electrons. The van der Waals surface area contributed by atoms with Crippen molar-refractivity contribution in [1.29, 1.82) is 0 Å². The van der Waals surface area contributed by atoms with Crippen LogP contribution in [0.25, 0.3) is 0 Å². The topological polar surface area (TPSA) is 3.88 Å². The van der Waals surface area contributed by atoms with Crippen molar-refractivity contribution in [3.63, 3.8) is 0 Å². The molecule has 0 N–H and O–H groups in total. The van der Waals surface area contributed by atoms with E-state index in [0.29, 0.717) is 0 Å². The molecular weight excluding hydrogens is 314 g/mol. The maximum absolute atomic E-state index is 2.46. The van der Waals surface area contributed by atoms with Crippen LogP contribution < -0.4 is 4.57 Å². The lowest BCUT2D eigenvalue weighted by Crippen LogP contribution is -2.40. The van der Waals surface area contributed by atoms with E-state index in [0.717, 1.165) is 0 Å². The Bertz CT molecular complexity index is 418. The molecule has 0 aliphatic heterocycles. The molecule has 0 saturated carbocycles. The van der Waals surface area contributed by atoms with Crippen molar-refractivity contribution >= 4 is 0 Å². The number of aromatic nitrogens is 1. The number of unbranched alkanes of at least 4 members (excludes halogenated alkanes) is 15. The molecule has 0 atom stereocenters. The summed E-state index contributed by atoms with van der Waals surface area (Å²) in [5.41, 5.74) is 2.79. The Morgan fingerprint density at radius 2 is 0.885 bits per heavy atom. The molecule has 1 heteroatoms. The lowest BCUT2D eigenvalue weighted by atomic mass is 10.0. The SMILES string of the molecule is CCCCCCCCCCCCCCCCCC[n+]1c(C)cccc1C. The minimum Gasteiger partial charge on any atom is -0.200 e. The second kappa shape index (κ2) is 16.3. The summed E-state index contributed by atoms with van der Waals surface area (Å²) >= 11 is 0. The first-order valence-corrected chi connectivity index (χ1v) is 11.7. The summed E-state index contributed by atoms with van der Waals surface area (Å²) in [4.78, 5) is 0. The van der Waals surface area contributed by atoms with E-state index in [9.17, 15) is 0 Å². The van der Waals surface area contributed by atoms with Crippen LogP contribution in [-0.4, -0.2) is 0 Å². The van der Waals surface area contributed by atoms with Gasteiger partial charge in [0.1, 0.15) is 6.54 Å². The van der Waals surface area contributed by atoms with Gasteiger partial charge in [-0.1, -0.05) is 96.8 Å². The summed E-state index contributed by atoms with van der Waals surface area (Å²) < 4.78 is 2.46. The summed E-state index contributed by atoms with van der Waals surface area (Å²) in [6, 6.07) is 6.60. The van der Waals surface area contributed by atoms with Gasteiger partial charge in [0.2, 0.25) is 0 Å². The quantitative estimate of drug-likeness (QED) is 0.197. The molecular formula is C25H46N+. The van der Waals surface area contributed by atoms with Crippen molar-refractivity contribution in [2.24, 2.45) is 0 Å². The number of hydrogen-bond acceptors (Lipinski definition) is 0. The van der Waals surface area contributed by atoms with E-state index >= 15 is 0 Å². The van der Waals surface area contributed by atoms with E-state index in [4.69, 9.17) is 0 Å². The normalized spacial score (nSPS) is 11.2. The third-order valence-corrected chi connectivity index (χ3v) is 5.76. The van der Waals surface area contributed by atoms with Crippen molar-refractivity contribution < 1.29 is 4.57 Å². The number of aryl methyl sites for hydroxylation is 2. The van der Waals surface area contributed by atoms with Crippen LogP contribution in [0.2, 0.25) is 0 Å². The van der Waals surface area contributed by atoms with Crippen LogP contribution >= 0.6 is 0 Å². The fraction of sp³-hybridized carbons (Fsp3) is 0.800. The first-order valence-electron chi connectivity index (χ1n) is 11.7. The van der Waals surface area contributed by atoms with E-state index < -0.39 is 0 Å². The molecule has 0 spiro atoms. The monoisotopic (exact) mass is 360 g/mol. The molecule has 0 bridgehead atoms. The zero-order chi connectivity index (χ0) is 18.9. The van der Waals surface area contributed by atoms with Gasteiger partial charge in [-0.2, -0.15) is 0 Å². The molecule has 1 heterocycles. The highest BCUT2D eigenvalue weighted by molar-refractivity contribution is 5.00. The first-order chi connectivity index (χ1) is 12.8. The Hall–Kier alpha value is -0.850. The molecule has 1 rings (SSSR count). The zero-order valence-corrected chi connectivity index (χ0v) is 18.2. The largest absolute Gasteiger partial charge is 0.200 e. The lowest BCUT2D eigenvalue weighted by Gasteiger charge is -2.05. The molecule has 0 radical (unpaired) electrons. The van der Waals surface area contributed by atoms with Gasteiger partial charge in [-0.05, 0) is 12.5 Å². The second-order valence-electron chi connectivity index (χ2n) is 8.26. The summed E-state index contributed by atoms with van der Waals surface area (Å²) in [6.45, 7) is 7.93. The van der Waals surface area contributed by atoms with Crippen LogP contribution in [0.1, 0.15) is 121 Å². The molecule has 1 aromatic heterocycles. The van der Waals surface area contributed by atoms with Crippen LogP contribution in [-0.2, 0) is 6.54 Å². The Morgan fingerprint density at radius 3 is 1.27 bits per heavy atom. The molecule has 0 fully saturated rings. The summed E-state index contributed by atoms with van der Waals surface area (Å²) in [5.74, 6) is 0. The predicted molar refractivity (Wildman–Crippen MR) is 116 cm³/mol. The average Bonchev–Trinajstić information content (AvgIpc) is 2.63. The molecule has 0 aliphatic rings. The highest BCUT2D eigenvalue weighted by Gasteiger charge is 2.08. The smallest absolute Gasteiger partial charge is 0.178 e. The molecule has 1 nitrogen and oxygen atoms in total. The van der Waals surface area contributed by atoms with Gasteiger partial charge in [-0.15, -0.1) is 0 Å². The molecule has 1 aromatic rings. The van der Waals surface area contributed by atoms with Gasteiger partial charge in [0, 0.05) is 32.4 Å². The van der Waals surface area contributed by atoms with E-state index in [-0.39, 0.29) is 0 Å². The minimum atomic E-state index is 1.19. The van der Waals surface area contributed by atoms with Crippen molar-refractivity contribution in [2.45, 2.75) is 130 Å². The van der Waals surface area contributed by atoms with Gasteiger partial charge in [0.05, 0.1) is 0 Å². The Kier molecular flexibility index (Phi) is 14.6. The van der Waals surface area contributed by atoms with Gasteiger partial charge in [-0.25, -0.2) is 4.57 Å². The van der Waals surface area contributed by atoms with Crippen LogP contribution in [0, 0.1) is 13.8 Å². The maximum atomic E-state index is 2.46. The molecule has 0 saturated heterocycles. The van der Waals surface area contributed by atoms with Crippen LogP contribution in [0.3, 0.4) is 0 Å². The van der Waals surface area contributed by atoms with Crippen molar-refractivity contribution in [3.05, 3.63) is 29.6 Å². The van der Waals surface area contributed by atoms with E-state index in [1.807, 2.05) is 0 Å². The summed E-state index contributed by atoms with van der Waals surface area (Å²) in [6.07, 6.45) is 23.0. The number of hydrogen-bond donors (Lipinski definition) is 0. The molecule has 0 aliphatic carbocycles. The third-order valence-electron chi connectivity index (χ3n) is 5.76. The van der Waals surface area contributed by atoms with Crippen LogP contribution in [0.15, 0.2) is 18.2 Å². The fourth-order valence-electron chi connectivity index (χ4n) is 3.96. The van der Waals surface area contributed by atoms with Crippen molar-refractivity contribution in [2.75, 3.05) is 0 Å². The number of nitrogens with zero attached hydrogens (tertiary/aromatic N) is 1. The Morgan fingerprint density at radius 1 is 0.538 bits per heavy atom. The van der Waals surface area contributed by atoms with Gasteiger partial charge in [0.15, 0.2) is 11.4 Å². The maximum Gasteiger partial charge on any atom is 0.178 e. The first kappa shape index (κ1) is 23.2. The number of pyridine rings is 1. The van der Waals surface area contributed by atoms with Gasteiger partial charge < -0.3 is 0 Å². The Labute approximate surface area is 164 Å². The van der Waals surface area contributed by atoms with E-state index in [1.165, 1.54) is 121 Å². The average molecular weight is 361 g/mol. The molecule has 0 unspecified atom stereocenters. The fourth-order valence-corrected chi connectivity index (χ4v) is 3.96. The van der Waals surface area contributed by atoms with Gasteiger partial charge in [0.25, 0.3) is 0 Å². The van der Waals surface area contributed by atoms with Crippen molar-refractivity contribution in [1.82, 2.24) is 0 Å². The molecule has 0 aromatic carbocycles. The summed E-state index contributed by atoms with van der Waals surface area (Å²) in [7, 11) is 0. The van der Waals surface area contributed by atoms with Gasteiger partial charge in [-0.3, -0.25) is 0 Å². The van der Waals surface area contributed by atoms with E-state index in [1.54, 1.807) is 0 Å². The minimum absolute atomic E-state index is 1.19. The highest BCUT2D eigenvalue weighted by Crippen LogP contribution is 2.13. The summed E-state index contributed by atoms with van der Waals surface area (Å²) in [5, 5.41) is 0. The van der Waals surface area contributed by atoms with Crippen LogP contribution in [0.5, 0.6) is 0 Å². The van der Waals surface area contributed by atoms with Gasteiger partial charge >= 0.3 is 0 Å². The zero-order valence-electron chi connectivity index (χ0n) is 18.2.